The van der Waals surface area contributed by atoms with Crippen molar-refractivity contribution in [3.63, 3.8) is 0 Å². The maximum absolute atomic E-state index is 14.1. The Kier molecular flexibility index (Phi) is 6.69. The molecule has 174 valence electrons. The standard InChI is InChI=1S/C26H24FN3O2S2/c1-17-5-10-22(21(27)15-17)32-20-11-13-30(14-12-20)26(31)18-6-8-19(9-7-18)29-34-24-4-2-3-23-25(24)28-16-33-23/h2-10,15-16,20,29H,11-14H2,1H3. The highest BCUT2D eigenvalue weighted by atomic mass is 32.2. The summed E-state index contributed by atoms with van der Waals surface area (Å²) in [5, 5.41) is 0. The van der Waals surface area contributed by atoms with Gasteiger partial charge in [-0.3, -0.25) is 4.79 Å². The van der Waals surface area contributed by atoms with Gasteiger partial charge in [-0.2, -0.15) is 0 Å². The van der Waals surface area contributed by atoms with Gasteiger partial charge in [0.25, 0.3) is 5.91 Å². The molecule has 1 aliphatic heterocycles. The highest BCUT2D eigenvalue weighted by molar-refractivity contribution is 8.00. The zero-order valence-electron chi connectivity index (χ0n) is 18.7. The molecule has 3 aromatic carbocycles. The third kappa shape index (κ3) is 5.03. The van der Waals surface area contributed by atoms with Crippen LogP contribution < -0.4 is 9.46 Å². The first-order chi connectivity index (χ1) is 16.6. The number of nitrogens with one attached hydrogen (secondary N) is 1. The highest BCUT2D eigenvalue weighted by Gasteiger charge is 2.25. The Hall–Kier alpha value is -3.10. The number of amides is 1. The van der Waals surface area contributed by atoms with Gasteiger partial charge in [0.05, 0.1) is 20.6 Å². The third-order valence-electron chi connectivity index (χ3n) is 5.84. The van der Waals surface area contributed by atoms with Gasteiger partial charge in [-0.15, -0.1) is 11.3 Å². The van der Waals surface area contributed by atoms with Crippen LogP contribution in [0.15, 0.2) is 71.1 Å². The number of para-hydroxylation sites is 1. The largest absolute Gasteiger partial charge is 0.487 e. The third-order valence-corrected chi connectivity index (χ3v) is 7.53. The number of benzene rings is 3. The van der Waals surface area contributed by atoms with Gasteiger partial charge in [0.2, 0.25) is 0 Å². The molecule has 0 bridgehead atoms. The van der Waals surface area contributed by atoms with Crippen molar-refractivity contribution >= 4 is 45.1 Å². The zero-order chi connectivity index (χ0) is 23.5. The molecular weight excluding hydrogens is 469 g/mol. The Balaban J connectivity index is 1.14. The molecule has 1 amide bonds. The first-order valence-corrected chi connectivity index (χ1v) is 12.8. The van der Waals surface area contributed by atoms with Crippen molar-refractivity contribution in [3.8, 4) is 5.75 Å². The summed E-state index contributed by atoms with van der Waals surface area (Å²) in [6.07, 6.45) is 1.27. The van der Waals surface area contributed by atoms with Crippen LogP contribution in [-0.4, -0.2) is 35.0 Å². The minimum Gasteiger partial charge on any atom is -0.487 e. The van der Waals surface area contributed by atoms with Crippen LogP contribution in [0.2, 0.25) is 0 Å². The minimum atomic E-state index is -0.339. The van der Waals surface area contributed by atoms with Crippen molar-refractivity contribution in [1.29, 1.82) is 0 Å². The van der Waals surface area contributed by atoms with Crippen LogP contribution in [0.4, 0.5) is 10.1 Å². The van der Waals surface area contributed by atoms with Gasteiger partial charge < -0.3 is 14.4 Å². The molecule has 4 aromatic rings. The normalized spacial score (nSPS) is 14.4. The lowest BCUT2D eigenvalue weighted by Gasteiger charge is -2.32. The molecule has 1 N–H and O–H groups in total. The number of thiazole rings is 1. The second-order valence-corrected chi connectivity index (χ2v) is 10.0. The summed E-state index contributed by atoms with van der Waals surface area (Å²) in [5.41, 5.74) is 5.28. The van der Waals surface area contributed by atoms with Crippen LogP contribution in [0.25, 0.3) is 10.2 Å². The van der Waals surface area contributed by atoms with E-state index in [1.54, 1.807) is 17.4 Å². The van der Waals surface area contributed by atoms with Crippen molar-refractivity contribution in [2.75, 3.05) is 17.8 Å². The molecule has 1 saturated heterocycles. The number of aromatic nitrogens is 1. The Labute approximate surface area is 206 Å². The van der Waals surface area contributed by atoms with Crippen molar-refractivity contribution in [2.24, 2.45) is 0 Å². The van der Waals surface area contributed by atoms with E-state index in [2.05, 4.69) is 15.8 Å². The number of carbonyl (C=O) groups is 1. The van der Waals surface area contributed by atoms with E-state index < -0.39 is 0 Å². The van der Waals surface area contributed by atoms with E-state index in [1.165, 1.54) is 18.0 Å². The fraction of sp³-hybridized carbons (Fsp3) is 0.231. The fourth-order valence-corrected chi connectivity index (χ4v) is 5.52. The van der Waals surface area contributed by atoms with Crippen LogP contribution in [0.5, 0.6) is 5.75 Å². The van der Waals surface area contributed by atoms with Gasteiger partial charge >= 0.3 is 0 Å². The molecule has 0 saturated carbocycles. The molecule has 0 spiro atoms. The van der Waals surface area contributed by atoms with Gasteiger partial charge in [0.1, 0.15) is 6.10 Å². The number of nitrogens with zero attached hydrogens (tertiary/aromatic N) is 2. The van der Waals surface area contributed by atoms with Gasteiger partial charge in [0, 0.05) is 37.2 Å². The minimum absolute atomic E-state index is 0.00594. The Morgan fingerprint density at radius 1 is 1.15 bits per heavy atom. The predicted molar refractivity (Wildman–Crippen MR) is 136 cm³/mol. The first-order valence-electron chi connectivity index (χ1n) is 11.1. The summed E-state index contributed by atoms with van der Waals surface area (Å²) in [6, 6.07) is 18.6. The summed E-state index contributed by atoms with van der Waals surface area (Å²) in [6.45, 7) is 3.02. The summed E-state index contributed by atoms with van der Waals surface area (Å²) in [5.74, 6) is -0.0533. The molecule has 5 rings (SSSR count). The summed E-state index contributed by atoms with van der Waals surface area (Å²) < 4.78 is 24.4. The molecule has 0 radical (unpaired) electrons. The van der Waals surface area contributed by atoms with E-state index in [4.69, 9.17) is 4.74 Å². The number of piperidine rings is 1. The number of likely N-dealkylation sites (tertiary alicyclic amines) is 1. The van der Waals surface area contributed by atoms with Gasteiger partial charge in [-0.1, -0.05) is 12.1 Å². The lowest BCUT2D eigenvalue weighted by molar-refractivity contribution is 0.0588. The number of fused-ring (bicyclic) bond motifs is 1. The monoisotopic (exact) mass is 493 g/mol. The molecule has 2 heterocycles. The van der Waals surface area contributed by atoms with Crippen molar-refractivity contribution < 1.29 is 13.9 Å². The Bertz CT molecular complexity index is 1300. The van der Waals surface area contributed by atoms with Crippen LogP contribution in [0.1, 0.15) is 28.8 Å². The van der Waals surface area contributed by atoms with Crippen molar-refractivity contribution in [1.82, 2.24) is 9.88 Å². The van der Waals surface area contributed by atoms with E-state index in [9.17, 15) is 9.18 Å². The van der Waals surface area contributed by atoms with E-state index in [0.29, 0.717) is 31.5 Å². The van der Waals surface area contributed by atoms with E-state index in [-0.39, 0.29) is 23.6 Å². The number of halogens is 1. The zero-order valence-corrected chi connectivity index (χ0v) is 20.3. The molecule has 1 fully saturated rings. The second kappa shape index (κ2) is 10.0. The second-order valence-electron chi connectivity index (χ2n) is 8.28. The average molecular weight is 494 g/mol. The molecule has 1 aromatic heterocycles. The molecule has 5 nitrogen and oxygen atoms in total. The number of ether oxygens (including phenoxy) is 1. The summed E-state index contributed by atoms with van der Waals surface area (Å²) in [7, 11) is 0. The highest BCUT2D eigenvalue weighted by Crippen LogP contribution is 2.30. The van der Waals surface area contributed by atoms with Gasteiger partial charge in [-0.05, 0) is 73.0 Å². The van der Waals surface area contributed by atoms with Crippen molar-refractivity contribution in [3.05, 3.63) is 83.1 Å². The number of hydrogen-bond donors (Lipinski definition) is 1. The number of carbonyl (C=O) groups excluding carboxylic acids is 1. The summed E-state index contributed by atoms with van der Waals surface area (Å²) >= 11 is 3.14. The average Bonchev–Trinajstić information content (AvgIpc) is 3.34. The molecule has 0 unspecified atom stereocenters. The number of anilines is 1. The van der Waals surface area contributed by atoms with E-state index in [0.717, 1.165) is 26.4 Å². The molecule has 1 aliphatic rings. The number of aryl methyl sites for hydroxylation is 1. The summed E-state index contributed by atoms with van der Waals surface area (Å²) in [4.78, 5) is 20.3. The van der Waals surface area contributed by atoms with Gasteiger partial charge in [-0.25, -0.2) is 9.37 Å². The number of rotatable bonds is 6. The maximum atomic E-state index is 14.1. The van der Waals surface area contributed by atoms with Crippen LogP contribution in [-0.2, 0) is 0 Å². The lowest BCUT2D eigenvalue weighted by atomic mass is 10.1. The smallest absolute Gasteiger partial charge is 0.253 e. The first kappa shape index (κ1) is 22.7. The van der Waals surface area contributed by atoms with E-state index in [1.807, 2.05) is 59.8 Å². The SMILES string of the molecule is Cc1ccc(OC2CCN(C(=O)c3ccc(NSc4cccc5scnc45)cc3)CC2)c(F)c1. The Morgan fingerprint density at radius 2 is 1.94 bits per heavy atom. The molecular formula is C26H24FN3O2S2. The van der Waals surface area contributed by atoms with Crippen molar-refractivity contribution in [2.45, 2.75) is 30.8 Å². The Morgan fingerprint density at radius 3 is 2.71 bits per heavy atom. The molecule has 0 atom stereocenters. The quantitative estimate of drug-likeness (QED) is 0.309. The lowest BCUT2D eigenvalue weighted by Crippen LogP contribution is -2.41. The maximum Gasteiger partial charge on any atom is 0.253 e. The van der Waals surface area contributed by atoms with Gasteiger partial charge in [0.15, 0.2) is 11.6 Å². The van der Waals surface area contributed by atoms with E-state index >= 15 is 0 Å². The molecule has 8 heteroatoms. The predicted octanol–water partition coefficient (Wildman–Crippen LogP) is 6.55. The molecule has 34 heavy (non-hydrogen) atoms. The molecule has 0 aliphatic carbocycles. The van der Waals surface area contributed by atoms with Crippen LogP contribution >= 0.6 is 23.3 Å². The topological polar surface area (TPSA) is 54.5 Å². The van der Waals surface area contributed by atoms with Crippen LogP contribution in [0, 0.1) is 12.7 Å². The van der Waals surface area contributed by atoms with Crippen LogP contribution in [0.3, 0.4) is 0 Å². The fourth-order valence-electron chi connectivity index (χ4n) is 3.98. The number of hydrogen-bond acceptors (Lipinski definition) is 6.